The lowest BCUT2D eigenvalue weighted by Gasteiger charge is -2.23. The summed E-state index contributed by atoms with van der Waals surface area (Å²) in [5.74, 6) is 0.439. The Morgan fingerprint density at radius 2 is 2.21 bits per heavy atom. The summed E-state index contributed by atoms with van der Waals surface area (Å²) in [7, 11) is 0. The molecule has 0 aliphatic heterocycles. The van der Waals surface area contributed by atoms with Crippen molar-refractivity contribution in [2.24, 2.45) is 0 Å². The summed E-state index contributed by atoms with van der Waals surface area (Å²) >= 11 is 5.24. The lowest BCUT2D eigenvalue weighted by Crippen LogP contribution is -2.21. The van der Waals surface area contributed by atoms with Gasteiger partial charge in [0.15, 0.2) is 4.77 Å². The maximum atomic E-state index is 13.4. The molecule has 1 aromatic heterocycles. The molecule has 0 saturated carbocycles. The van der Waals surface area contributed by atoms with E-state index in [9.17, 15) is 4.39 Å². The van der Waals surface area contributed by atoms with Crippen molar-refractivity contribution < 1.29 is 4.39 Å². The molecule has 0 bridgehead atoms. The number of nitrogens with one attached hydrogen (secondary N) is 1. The van der Waals surface area contributed by atoms with Gasteiger partial charge in [-0.25, -0.2) is 9.49 Å². The second-order valence-electron chi connectivity index (χ2n) is 4.52. The number of halogens is 1. The predicted octanol–water partition coefficient (Wildman–Crippen LogP) is 3.82. The van der Waals surface area contributed by atoms with Crippen LogP contribution < -0.4 is 4.90 Å². The van der Waals surface area contributed by atoms with Crippen molar-refractivity contribution in [2.75, 3.05) is 11.4 Å². The van der Waals surface area contributed by atoms with Crippen LogP contribution >= 0.6 is 12.2 Å². The van der Waals surface area contributed by atoms with E-state index in [1.54, 1.807) is 6.07 Å². The Morgan fingerprint density at radius 3 is 2.79 bits per heavy atom. The number of nitrogens with zero attached hydrogens (tertiary/aromatic N) is 3. The van der Waals surface area contributed by atoms with Crippen molar-refractivity contribution in [1.29, 1.82) is 0 Å². The molecule has 1 heterocycles. The summed E-state index contributed by atoms with van der Waals surface area (Å²) in [6, 6.07) is 6.65. The van der Waals surface area contributed by atoms with Crippen LogP contribution in [0.25, 0.3) is 0 Å². The Bertz CT molecular complexity index is 617. The first-order chi connectivity index (χ1) is 9.04. The summed E-state index contributed by atoms with van der Waals surface area (Å²) in [5, 5.41) is 7.06. The summed E-state index contributed by atoms with van der Waals surface area (Å²) in [5.41, 5.74) is 0.762. The van der Waals surface area contributed by atoms with Crippen LogP contribution in [0.3, 0.4) is 0 Å². The van der Waals surface area contributed by atoms with Crippen molar-refractivity contribution in [3.05, 3.63) is 34.9 Å². The largest absolute Gasteiger partial charge is 0.311 e. The lowest BCUT2D eigenvalue weighted by atomic mass is 10.3. The Morgan fingerprint density at radius 1 is 1.47 bits per heavy atom. The molecular formula is C13H17FN4S. The summed E-state index contributed by atoms with van der Waals surface area (Å²) in [6.07, 6.45) is 0. The molecule has 0 unspecified atom stereocenters. The van der Waals surface area contributed by atoms with Crippen LogP contribution in [-0.2, 0) is 0 Å². The van der Waals surface area contributed by atoms with Crippen LogP contribution in [-0.4, -0.2) is 21.3 Å². The maximum absolute atomic E-state index is 13.4. The van der Waals surface area contributed by atoms with Crippen molar-refractivity contribution >= 4 is 23.9 Å². The fourth-order valence-corrected chi connectivity index (χ4v) is 2.37. The van der Waals surface area contributed by atoms with Gasteiger partial charge in [-0.2, -0.15) is 0 Å². The van der Waals surface area contributed by atoms with E-state index in [0.29, 0.717) is 17.3 Å². The number of anilines is 2. The fraction of sp³-hybridized carbons (Fsp3) is 0.385. The minimum atomic E-state index is -0.263. The van der Waals surface area contributed by atoms with E-state index < -0.39 is 0 Å². The molecule has 0 saturated heterocycles. The van der Waals surface area contributed by atoms with Crippen molar-refractivity contribution in [3.8, 4) is 0 Å². The third-order valence-corrected chi connectivity index (χ3v) is 3.17. The predicted molar refractivity (Wildman–Crippen MR) is 76.9 cm³/mol. The maximum Gasteiger partial charge on any atom is 0.230 e. The molecule has 0 radical (unpaired) electrons. The molecule has 0 spiro atoms. The molecule has 19 heavy (non-hydrogen) atoms. The molecule has 1 N–H and O–H groups in total. The second-order valence-corrected chi connectivity index (χ2v) is 4.90. The molecule has 0 aliphatic rings. The van der Waals surface area contributed by atoms with Gasteiger partial charge in [-0.15, -0.1) is 5.10 Å². The zero-order valence-electron chi connectivity index (χ0n) is 11.2. The molecular weight excluding hydrogens is 263 g/mol. The number of hydrogen-bond acceptors (Lipinski definition) is 3. The Kier molecular flexibility index (Phi) is 3.99. The topological polar surface area (TPSA) is 36.9 Å². The average molecular weight is 280 g/mol. The van der Waals surface area contributed by atoms with Crippen LogP contribution in [0, 0.1) is 10.6 Å². The summed E-state index contributed by atoms with van der Waals surface area (Å²) in [4.78, 5) is 1.93. The number of aromatic nitrogens is 3. The van der Waals surface area contributed by atoms with Gasteiger partial charge in [-0.1, -0.05) is 6.07 Å². The normalized spacial score (nSPS) is 11.0. The molecule has 2 aromatic rings. The molecule has 4 nitrogen and oxygen atoms in total. The highest BCUT2D eigenvalue weighted by atomic mass is 32.1. The Balaban J connectivity index is 2.52. The van der Waals surface area contributed by atoms with E-state index in [0.717, 1.165) is 5.69 Å². The van der Waals surface area contributed by atoms with Crippen molar-refractivity contribution in [2.45, 2.75) is 26.8 Å². The molecule has 6 heteroatoms. The van der Waals surface area contributed by atoms with Crippen molar-refractivity contribution in [3.63, 3.8) is 0 Å². The van der Waals surface area contributed by atoms with Gasteiger partial charge in [0.05, 0.1) is 0 Å². The van der Waals surface area contributed by atoms with Gasteiger partial charge in [0.2, 0.25) is 5.95 Å². The van der Waals surface area contributed by atoms with E-state index in [1.807, 2.05) is 36.3 Å². The highest BCUT2D eigenvalue weighted by molar-refractivity contribution is 7.71. The molecule has 0 amide bonds. The zero-order chi connectivity index (χ0) is 14.0. The monoisotopic (exact) mass is 280 g/mol. The van der Waals surface area contributed by atoms with E-state index in [-0.39, 0.29) is 11.9 Å². The first-order valence-corrected chi connectivity index (χ1v) is 6.65. The van der Waals surface area contributed by atoms with Gasteiger partial charge in [0, 0.05) is 18.3 Å². The summed E-state index contributed by atoms with van der Waals surface area (Å²) in [6.45, 7) is 6.74. The number of rotatable bonds is 4. The van der Waals surface area contributed by atoms with E-state index in [1.165, 1.54) is 12.1 Å². The van der Waals surface area contributed by atoms with Crippen LogP contribution in [0.1, 0.15) is 26.8 Å². The molecule has 2 rings (SSSR count). The highest BCUT2D eigenvalue weighted by Crippen LogP contribution is 2.26. The smallest absolute Gasteiger partial charge is 0.230 e. The number of aromatic amines is 1. The first kappa shape index (κ1) is 13.7. The lowest BCUT2D eigenvalue weighted by molar-refractivity contribution is 0.588. The van der Waals surface area contributed by atoms with Crippen LogP contribution in [0.5, 0.6) is 0 Å². The number of hydrogen-bond donors (Lipinski definition) is 1. The SMILES string of the molecule is CCN(c1cccc(F)c1)c1n[nH]c(=S)n1C(C)C. The van der Waals surface area contributed by atoms with E-state index in [2.05, 4.69) is 10.2 Å². The molecule has 102 valence electrons. The third-order valence-electron chi connectivity index (χ3n) is 2.88. The molecule has 0 atom stereocenters. The van der Waals surface area contributed by atoms with Crippen LogP contribution in [0.2, 0.25) is 0 Å². The molecule has 0 aliphatic carbocycles. The third kappa shape index (κ3) is 2.68. The van der Waals surface area contributed by atoms with Gasteiger partial charge in [0.25, 0.3) is 0 Å². The Labute approximate surface area is 116 Å². The van der Waals surface area contributed by atoms with Crippen LogP contribution in [0.15, 0.2) is 24.3 Å². The molecule has 0 fully saturated rings. The van der Waals surface area contributed by atoms with Gasteiger partial charge >= 0.3 is 0 Å². The molecule has 1 aromatic carbocycles. The Hall–Kier alpha value is -1.69. The fourth-order valence-electron chi connectivity index (χ4n) is 2.04. The zero-order valence-corrected chi connectivity index (χ0v) is 12.0. The second kappa shape index (κ2) is 5.52. The van der Waals surface area contributed by atoms with Gasteiger partial charge < -0.3 is 4.90 Å². The van der Waals surface area contributed by atoms with Crippen LogP contribution in [0.4, 0.5) is 16.0 Å². The van der Waals surface area contributed by atoms with Gasteiger partial charge in [0.1, 0.15) is 5.82 Å². The summed E-state index contributed by atoms with van der Waals surface area (Å²) < 4.78 is 15.9. The average Bonchev–Trinajstić information content (AvgIpc) is 2.72. The standard InChI is InChI=1S/C13H17FN4S/c1-4-17(11-7-5-6-10(14)8-11)12-15-16-13(19)18(12)9(2)3/h5-9H,4H2,1-3H3,(H,16,19). The minimum Gasteiger partial charge on any atom is -0.311 e. The minimum absolute atomic E-state index is 0.184. The van der Waals surface area contributed by atoms with Crippen molar-refractivity contribution in [1.82, 2.24) is 14.8 Å². The first-order valence-electron chi connectivity index (χ1n) is 6.24. The highest BCUT2D eigenvalue weighted by Gasteiger charge is 2.17. The number of H-pyrrole nitrogens is 1. The van der Waals surface area contributed by atoms with Gasteiger partial charge in [-0.05, 0) is 51.2 Å². The quantitative estimate of drug-likeness (QED) is 0.865. The van der Waals surface area contributed by atoms with E-state index >= 15 is 0 Å². The van der Waals surface area contributed by atoms with Gasteiger partial charge in [-0.3, -0.25) is 4.57 Å². The van der Waals surface area contributed by atoms with E-state index in [4.69, 9.17) is 12.2 Å². The number of benzene rings is 1.